The molecule has 5 aliphatic rings. The molecule has 5 heterocycles. The van der Waals surface area contributed by atoms with Crippen LogP contribution in [0.1, 0.15) is 23.3 Å². The van der Waals surface area contributed by atoms with E-state index in [-0.39, 0.29) is 44.9 Å². The second-order valence-electron chi connectivity index (χ2n) is 11.6. The third kappa shape index (κ3) is 4.77. The lowest BCUT2D eigenvalue weighted by atomic mass is 9.85. The summed E-state index contributed by atoms with van der Waals surface area (Å²) in [5.74, 6) is 3.90. The summed E-state index contributed by atoms with van der Waals surface area (Å²) in [7, 11) is 6.14. The lowest BCUT2D eigenvalue weighted by Crippen LogP contribution is -2.47. The van der Waals surface area contributed by atoms with Gasteiger partial charge in [0.25, 0.3) is 0 Å². The maximum absolute atomic E-state index is 12.0. The van der Waals surface area contributed by atoms with E-state index >= 15 is 0 Å². The first kappa shape index (κ1) is 29.9. The first-order valence-corrected chi connectivity index (χ1v) is 15.1. The van der Waals surface area contributed by atoms with Gasteiger partial charge < -0.3 is 66.7 Å². The van der Waals surface area contributed by atoms with Crippen LogP contribution in [0.5, 0.6) is 57.5 Å². The van der Waals surface area contributed by atoms with Crippen LogP contribution in [-0.2, 0) is 14.2 Å². The molecule has 14 nitrogen and oxygen atoms in total. The Hall–Kier alpha value is -4.50. The minimum absolute atomic E-state index is 0.0302. The molecule has 8 rings (SSSR count). The van der Waals surface area contributed by atoms with Crippen molar-refractivity contribution in [3.63, 3.8) is 0 Å². The summed E-state index contributed by atoms with van der Waals surface area (Å²) in [6.07, 6.45) is -2.70. The molecule has 3 aromatic rings. The van der Waals surface area contributed by atoms with Crippen LogP contribution in [0.4, 0.5) is 0 Å². The largest absolute Gasteiger partial charge is 0.496 e. The quantitative estimate of drug-likeness (QED) is 0.360. The minimum Gasteiger partial charge on any atom is -0.496 e. The van der Waals surface area contributed by atoms with Crippen LogP contribution in [0.25, 0.3) is 0 Å². The van der Waals surface area contributed by atoms with E-state index in [0.717, 1.165) is 5.56 Å². The summed E-state index contributed by atoms with van der Waals surface area (Å²) in [5.41, 5.74) is -0.0201. The van der Waals surface area contributed by atoms with Crippen LogP contribution in [-0.4, -0.2) is 84.9 Å². The molecule has 47 heavy (non-hydrogen) atoms. The van der Waals surface area contributed by atoms with Gasteiger partial charge in [-0.1, -0.05) is 6.07 Å². The number of hydrogen-bond acceptors (Lipinski definition) is 14. The molecule has 0 bridgehead atoms. The predicted molar refractivity (Wildman–Crippen MR) is 158 cm³/mol. The van der Waals surface area contributed by atoms with Crippen LogP contribution in [0, 0.1) is 5.92 Å². The van der Waals surface area contributed by atoms with Crippen LogP contribution in [0.15, 0.2) is 36.4 Å². The molecule has 5 aliphatic heterocycles. The zero-order valence-corrected chi connectivity index (χ0v) is 26.1. The summed E-state index contributed by atoms with van der Waals surface area (Å²) in [6, 6.07) is 10.9. The molecule has 0 unspecified atom stereocenters. The zero-order chi connectivity index (χ0) is 32.3. The number of hydrogen-bond donors (Lipinski definition) is 1. The van der Waals surface area contributed by atoms with Crippen LogP contribution in [0.2, 0.25) is 0 Å². The minimum atomic E-state index is -1.53. The molecule has 0 radical (unpaired) electrons. The number of rotatable bonds is 9. The summed E-state index contributed by atoms with van der Waals surface area (Å²) in [4.78, 5) is 0. The molecule has 3 aromatic carbocycles. The third-order valence-corrected chi connectivity index (χ3v) is 9.05. The first-order chi connectivity index (χ1) is 22.9. The highest BCUT2D eigenvalue weighted by molar-refractivity contribution is 5.66. The number of methoxy groups -OCH3 is 4. The van der Waals surface area contributed by atoms with E-state index in [1.807, 2.05) is 24.3 Å². The molecule has 0 aliphatic carbocycles. The van der Waals surface area contributed by atoms with E-state index in [2.05, 4.69) is 0 Å². The van der Waals surface area contributed by atoms with Gasteiger partial charge in [0.1, 0.15) is 5.75 Å². The summed E-state index contributed by atoms with van der Waals surface area (Å²) < 4.78 is 76.2. The van der Waals surface area contributed by atoms with Crippen LogP contribution >= 0.6 is 0 Å². The first-order valence-electron chi connectivity index (χ1n) is 15.1. The molecule has 6 atom stereocenters. The summed E-state index contributed by atoms with van der Waals surface area (Å²) in [5, 5.41) is 12.0. The lowest BCUT2D eigenvalue weighted by Gasteiger charge is -2.35. The van der Waals surface area contributed by atoms with E-state index < -0.39 is 36.1 Å². The van der Waals surface area contributed by atoms with E-state index in [1.54, 1.807) is 26.4 Å². The van der Waals surface area contributed by atoms with Crippen molar-refractivity contribution in [2.24, 2.45) is 5.92 Å². The second kappa shape index (κ2) is 11.6. The van der Waals surface area contributed by atoms with Gasteiger partial charge in [0, 0.05) is 30.4 Å². The number of fused-ring (bicyclic) bond motifs is 4. The molecular weight excluding hydrogens is 620 g/mol. The van der Waals surface area contributed by atoms with E-state index in [1.165, 1.54) is 14.2 Å². The van der Waals surface area contributed by atoms with E-state index in [9.17, 15) is 5.11 Å². The Bertz CT molecular complexity index is 1680. The van der Waals surface area contributed by atoms with Gasteiger partial charge in [-0.25, -0.2) is 0 Å². The Morgan fingerprint density at radius 2 is 1.51 bits per heavy atom. The monoisotopic (exact) mass is 654 g/mol. The van der Waals surface area contributed by atoms with Gasteiger partial charge in [0.05, 0.1) is 53.2 Å². The average Bonchev–Trinajstić information content (AvgIpc) is 3.88. The standard InChI is InChI=1S/C33H34O14/c1-35-12-26-27(16-5-6-19-21(7-16)42-14-41-19)46-23-9-20(36-2)17(8-22(23)45-26)28-18-11-39-32(33(18,34)13-40-28)47-30-24(37-3)10-25-29(31(30)38-4)44-15-43-25/h5-10,18,26-28,32,34H,11-15H2,1-4H3/t18-,26-,27-,28+,32-,33-/m1/s1. The number of ether oxygens (including phenoxy) is 13. The molecule has 2 fully saturated rings. The molecular formula is C33H34O14. The highest BCUT2D eigenvalue weighted by Gasteiger charge is 2.61. The Morgan fingerprint density at radius 3 is 2.32 bits per heavy atom. The molecule has 0 aromatic heterocycles. The van der Waals surface area contributed by atoms with Gasteiger partial charge in [0.2, 0.25) is 37.1 Å². The van der Waals surface area contributed by atoms with Crippen LogP contribution < -0.4 is 47.4 Å². The van der Waals surface area contributed by atoms with Crippen LogP contribution in [0.3, 0.4) is 0 Å². The van der Waals surface area contributed by atoms with Crippen molar-refractivity contribution in [1.82, 2.24) is 0 Å². The zero-order valence-electron chi connectivity index (χ0n) is 26.1. The fraction of sp³-hybridized carbons (Fsp3) is 0.455. The van der Waals surface area contributed by atoms with Gasteiger partial charge in [-0.15, -0.1) is 0 Å². The van der Waals surface area contributed by atoms with Gasteiger partial charge >= 0.3 is 0 Å². The number of benzene rings is 3. The van der Waals surface area contributed by atoms with Gasteiger partial charge in [0.15, 0.2) is 52.3 Å². The highest BCUT2D eigenvalue weighted by Crippen LogP contribution is 2.56. The third-order valence-electron chi connectivity index (χ3n) is 9.05. The number of aliphatic hydroxyl groups is 1. The lowest BCUT2D eigenvalue weighted by molar-refractivity contribution is -0.153. The molecule has 0 saturated carbocycles. The van der Waals surface area contributed by atoms with Crippen molar-refractivity contribution in [2.75, 3.05) is 61.8 Å². The van der Waals surface area contributed by atoms with Gasteiger partial charge in [-0.05, 0) is 18.2 Å². The second-order valence-corrected chi connectivity index (χ2v) is 11.6. The Morgan fingerprint density at radius 1 is 0.745 bits per heavy atom. The van der Waals surface area contributed by atoms with Crippen molar-refractivity contribution in [1.29, 1.82) is 0 Å². The Balaban J connectivity index is 1.07. The van der Waals surface area contributed by atoms with Crippen molar-refractivity contribution in [3.05, 3.63) is 47.5 Å². The summed E-state index contributed by atoms with van der Waals surface area (Å²) in [6.45, 7) is 0.531. The molecule has 1 N–H and O–H groups in total. The normalized spacial score (nSPS) is 27.8. The van der Waals surface area contributed by atoms with Crippen molar-refractivity contribution < 1.29 is 66.7 Å². The maximum atomic E-state index is 12.0. The van der Waals surface area contributed by atoms with E-state index in [0.29, 0.717) is 51.6 Å². The van der Waals surface area contributed by atoms with Gasteiger partial charge in [-0.2, -0.15) is 0 Å². The molecule has 0 spiro atoms. The Kier molecular flexibility index (Phi) is 7.39. The summed E-state index contributed by atoms with van der Waals surface area (Å²) >= 11 is 0. The predicted octanol–water partition coefficient (Wildman–Crippen LogP) is 3.55. The maximum Gasteiger partial charge on any atom is 0.232 e. The fourth-order valence-corrected chi connectivity index (χ4v) is 6.73. The Labute approximate surface area is 269 Å². The van der Waals surface area contributed by atoms with Crippen molar-refractivity contribution in [3.8, 4) is 57.5 Å². The van der Waals surface area contributed by atoms with Crippen molar-refractivity contribution >= 4 is 0 Å². The average molecular weight is 655 g/mol. The molecule has 2 saturated heterocycles. The topological polar surface area (TPSA) is 140 Å². The molecule has 250 valence electrons. The van der Waals surface area contributed by atoms with E-state index in [4.69, 9.17) is 61.6 Å². The van der Waals surface area contributed by atoms with Crippen molar-refractivity contribution in [2.45, 2.75) is 30.2 Å². The fourth-order valence-electron chi connectivity index (χ4n) is 6.73. The smallest absolute Gasteiger partial charge is 0.232 e. The SMILES string of the molecule is COC[C@H]1Oc2cc([C@@H]3OC[C@]4(O)[C@@H](Oc5c(OC)cc6c(c5OC)OCO6)OC[C@H]34)c(OC)cc2O[C@@H]1c1ccc2c(c1)OCO2. The highest BCUT2D eigenvalue weighted by atomic mass is 16.7. The molecule has 0 amide bonds. The molecule has 14 heteroatoms. The van der Waals surface area contributed by atoms with Gasteiger partial charge in [-0.3, -0.25) is 0 Å².